The predicted molar refractivity (Wildman–Crippen MR) is 73.4 cm³/mol. The fourth-order valence-electron chi connectivity index (χ4n) is 2.18. The number of nitrogens with one attached hydrogen (secondary N) is 1. The lowest BCUT2D eigenvalue weighted by molar-refractivity contribution is 0.0583. The number of amides is 1. The van der Waals surface area contributed by atoms with Crippen molar-refractivity contribution in [3.63, 3.8) is 0 Å². The summed E-state index contributed by atoms with van der Waals surface area (Å²) in [5.74, 6) is -0.118. The van der Waals surface area contributed by atoms with E-state index >= 15 is 0 Å². The van der Waals surface area contributed by atoms with Crippen LogP contribution in [0.2, 0.25) is 0 Å². The molecule has 0 unspecified atom stereocenters. The van der Waals surface area contributed by atoms with Crippen molar-refractivity contribution in [3.8, 4) is 0 Å². The molecule has 2 rings (SSSR count). The number of carbonyl (C=O) groups is 1. The Labute approximate surface area is 117 Å². The minimum absolute atomic E-state index is 0.118. The van der Waals surface area contributed by atoms with Gasteiger partial charge in [0.1, 0.15) is 4.88 Å². The number of hydrogen-bond donors (Lipinski definition) is 2. The molecular weight excluding hydrogens is 264 g/mol. The molecule has 1 aromatic heterocycles. The highest BCUT2D eigenvalue weighted by atomic mass is 32.1. The summed E-state index contributed by atoms with van der Waals surface area (Å²) in [5, 5.41) is 17.0. The van der Waals surface area contributed by atoms with Crippen molar-refractivity contribution < 1.29 is 9.90 Å². The van der Waals surface area contributed by atoms with Crippen molar-refractivity contribution in [1.82, 2.24) is 19.8 Å². The van der Waals surface area contributed by atoms with Crippen molar-refractivity contribution in [2.24, 2.45) is 0 Å². The van der Waals surface area contributed by atoms with Crippen LogP contribution in [0.3, 0.4) is 0 Å². The van der Waals surface area contributed by atoms with Gasteiger partial charge < -0.3 is 15.3 Å². The number of aliphatic hydroxyl groups excluding tert-OH is 1. The van der Waals surface area contributed by atoms with E-state index in [1.54, 1.807) is 11.9 Å². The van der Waals surface area contributed by atoms with Gasteiger partial charge in [-0.15, -0.1) is 5.10 Å². The fraction of sp³-hybridized carbons (Fsp3) is 0.750. The molecule has 106 valence electrons. The number of nitrogens with zero attached hydrogens (tertiary/aromatic N) is 3. The molecule has 0 aliphatic carbocycles. The van der Waals surface area contributed by atoms with Crippen LogP contribution >= 0.6 is 11.5 Å². The molecule has 2 N–H and O–H groups in total. The summed E-state index contributed by atoms with van der Waals surface area (Å²) in [5.41, 5.74) is 0.501. The Morgan fingerprint density at radius 3 is 2.68 bits per heavy atom. The summed E-state index contributed by atoms with van der Waals surface area (Å²) in [4.78, 5) is 14.7. The largest absolute Gasteiger partial charge is 0.390 e. The van der Waals surface area contributed by atoms with E-state index in [0.717, 1.165) is 17.2 Å². The molecule has 1 saturated heterocycles. The molecule has 1 aromatic rings. The van der Waals surface area contributed by atoms with Crippen LogP contribution in [0.1, 0.15) is 36.1 Å². The number of rotatable bonds is 2. The van der Waals surface area contributed by atoms with E-state index in [1.165, 1.54) is 0 Å². The Morgan fingerprint density at radius 1 is 1.47 bits per heavy atom. The Kier molecular flexibility index (Phi) is 3.89. The number of β-amino-alcohol motifs (C(OH)–C–C–N with tert-alkyl or cyclic N) is 1. The molecule has 0 bridgehead atoms. The lowest BCUT2D eigenvalue weighted by Gasteiger charge is -2.27. The predicted octanol–water partition coefficient (Wildman–Crippen LogP) is 0.240. The van der Waals surface area contributed by atoms with Crippen LogP contribution in [-0.4, -0.2) is 57.8 Å². The Balaban J connectivity index is 2.23. The van der Waals surface area contributed by atoms with Gasteiger partial charge in [-0.3, -0.25) is 4.79 Å². The number of hydrogen-bond acceptors (Lipinski definition) is 6. The third-order valence-corrected chi connectivity index (χ3v) is 4.08. The highest BCUT2D eigenvalue weighted by molar-refractivity contribution is 7.08. The van der Waals surface area contributed by atoms with Crippen molar-refractivity contribution >= 4 is 17.4 Å². The maximum atomic E-state index is 12.5. The Hall–Kier alpha value is -1.05. The summed E-state index contributed by atoms with van der Waals surface area (Å²) in [6.07, 6.45) is -0.520. The van der Waals surface area contributed by atoms with Gasteiger partial charge in [0.15, 0.2) is 0 Å². The van der Waals surface area contributed by atoms with E-state index in [-0.39, 0.29) is 17.4 Å². The van der Waals surface area contributed by atoms with Crippen LogP contribution < -0.4 is 5.32 Å². The first-order valence-corrected chi connectivity index (χ1v) is 7.08. The molecule has 0 spiro atoms. The summed E-state index contributed by atoms with van der Waals surface area (Å²) in [6.45, 7) is 7.15. The average molecular weight is 284 g/mol. The number of aliphatic hydroxyl groups is 1. The molecular formula is C12H20N4O2S. The third kappa shape index (κ3) is 2.77. The lowest BCUT2D eigenvalue weighted by Crippen LogP contribution is -2.44. The van der Waals surface area contributed by atoms with Gasteiger partial charge in [-0.1, -0.05) is 25.3 Å². The van der Waals surface area contributed by atoms with Crippen LogP contribution in [0.25, 0.3) is 0 Å². The van der Waals surface area contributed by atoms with E-state index in [2.05, 4.69) is 14.9 Å². The quantitative estimate of drug-likeness (QED) is 0.813. The van der Waals surface area contributed by atoms with Crippen molar-refractivity contribution in [2.45, 2.75) is 38.3 Å². The first kappa shape index (κ1) is 14.4. The SMILES string of the molecule is CN(C(=O)c1snnc1C(C)(C)C)[C@@H]1CNC[C@H]1O. The normalized spacial score (nSPS) is 23.6. The Morgan fingerprint density at radius 2 is 2.16 bits per heavy atom. The molecule has 0 radical (unpaired) electrons. The highest BCUT2D eigenvalue weighted by Gasteiger charge is 2.35. The van der Waals surface area contributed by atoms with E-state index in [0.29, 0.717) is 18.0 Å². The van der Waals surface area contributed by atoms with Crippen molar-refractivity contribution in [2.75, 3.05) is 20.1 Å². The molecule has 2 heterocycles. The second-order valence-electron chi connectivity index (χ2n) is 5.91. The third-order valence-electron chi connectivity index (χ3n) is 3.36. The molecule has 7 heteroatoms. The minimum atomic E-state index is -0.520. The molecule has 1 amide bonds. The van der Waals surface area contributed by atoms with Crippen LogP contribution in [-0.2, 0) is 5.41 Å². The summed E-state index contributed by atoms with van der Waals surface area (Å²) in [7, 11) is 1.72. The van der Waals surface area contributed by atoms with Gasteiger partial charge in [0, 0.05) is 25.6 Å². The number of aromatic nitrogens is 2. The average Bonchev–Trinajstić information content (AvgIpc) is 2.94. The topological polar surface area (TPSA) is 78.4 Å². The second-order valence-corrected chi connectivity index (χ2v) is 6.66. The number of carbonyl (C=O) groups excluding carboxylic acids is 1. The smallest absolute Gasteiger partial charge is 0.267 e. The van der Waals surface area contributed by atoms with Crippen LogP contribution in [0, 0.1) is 0 Å². The fourth-order valence-corrected chi connectivity index (χ4v) is 3.04. The molecule has 19 heavy (non-hydrogen) atoms. The zero-order chi connectivity index (χ0) is 14.2. The number of likely N-dealkylation sites (N-methyl/N-ethyl adjacent to an activating group) is 1. The summed E-state index contributed by atoms with van der Waals surface area (Å²) >= 11 is 1.12. The summed E-state index contributed by atoms with van der Waals surface area (Å²) in [6, 6.07) is -0.192. The standard InChI is InChI=1S/C12H20N4O2S/c1-12(2,3)10-9(19-15-14-10)11(18)16(4)7-5-13-6-8(7)17/h7-8,13,17H,5-6H2,1-4H3/t7-,8-/m1/s1. The molecule has 1 aliphatic heterocycles. The molecule has 0 saturated carbocycles. The van der Waals surface area contributed by atoms with Crippen LogP contribution in [0.15, 0.2) is 0 Å². The zero-order valence-electron chi connectivity index (χ0n) is 11.7. The lowest BCUT2D eigenvalue weighted by atomic mass is 9.91. The maximum Gasteiger partial charge on any atom is 0.267 e. The van der Waals surface area contributed by atoms with Crippen molar-refractivity contribution in [1.29, 1.82) is 0 Å². The molecule has 6 nitrogen and oxygen atoms in total. The first-order chi connectivity index (χ1) is 8.82. The zero-order valence-corrected chi connectivity index (χ0v) is 12.5. The molecule has 1 aliphatic rings. The van der Waals surface area contributed by atoms with Gasteiger partial charge in [0.05, 0.1) is 17.8 Å². The van der Waals surface area contributed by atoms with E-state index in [4.69, 9.17) is 0 Å². The van der Waals surface area contributed by atoms with Crippen molar-refractivity contribution in [3.05, 3.63) is 10.6 Å². The molecule has 1 fully saturated rings. The maximum absolute atomic E-state index is 12.5. The van der Waals surface area contributed by atoms with Gasteiger partial charge in [-0.05, 0) is 11.5 Å². The monoisotopic (exact) mass is 284 g/mol. The minimum Gasteiger partial charge on any atom is -0.390 e. The Bertz CT molecular complexity index is 469. The first-order valence-electron chi connectivity index (χ1n) is 6.31. The van der Waals surface area contributed by atoms with E-state index in [9.17, 15) is 9.90 Å². The molecule has 0 aromatic carbocycles. The van der Waals surface area contributed by atoms with E-state index < -0.39 is 6.10 Å². The highest BCUT2D eigenvalue weighted by Crippen LogP contribution is 2.27. The van der Waals surface area contributed by atoms with Gasteiger partial charge in [-0.2, -0.15) is 0 Å². The van der Waals surface area contributed by atoms with Gasteiger partial charge in [0.25, 0.3) is 5.91 Å². The summed E-state index contributed by atoms with van der Waals surface area (Å²) < 4.78 is 3.90. The van der Waals surface area contributed by atoms with Crippen LogP contribution in [0.4, 0.5) is 0 Å². The molecule has 2 atom stereocenters. The van der Waals surface area contributed by atoms with Gasteiger partial charge >= 0.3 is 0 Å². The van der Waals surface area contributed by atoms with Gasteiger partial charge in [0.2, 0.25) is 0 Å². The second kappa shape index (κ2) is 5.15. The van der Waals surface area contributed by atoms with E-state index in [1.807, 2.05) is 20.8 Å². The van der Waals surface area contributed by atoms with Gasteiger partial charge in [-0.25, -0.2) is 0 Å². The van der Waals surface area contributed by atoms with Crippen LogP contribution in [0.5, 0.6) is 0 Å².